The first-order chi connectivity index (χ1) is 12.8. The first kappa shape index (κ1) is 18.8. The molecule has 0 aliphatic heterocycles. The molecule has 0 saturated heterocycles. The largest absolute Gasteiger partial charge is 0.338 e. The van der Waals surface area contributed by atoms with Crippen LogP contribution in [0.4, 0.5) is 4.39 Å². The van der Waals surface area contributed by atoms with E-state index in [0.717, 1.165) is 5.56 Å². The molecule has 2 aromatic carbocycles. The lowest BCUT2D eigenvalue weighted by molar-refractivity contribution is 0.0941. The minimum absolute atomic E-state index is 0.0264. The lowest BCUT2D eigenvalue weighted by Crippen LogP contribution is -2.31. The van der Waals surface area contributed by atoms with E-state index in [0.29, 0.717) is 11.4 Å². The topological polar surface area (TPSA) is 46.9 Å². The molecule has 0 bridgehead atoms. The average Bonchev–Trinajstić information content (AvgIpc) is 3.05. The minimum Gasteiger partial charge on any atom is -0.338 e. The van der Waals surface area contributed by atoms with Crippen LogP contribution in [0.3, 0.4) is 0 Å². The molecule has 1 amide bonds. The number of rotatable bonds is 4. The number of carbonyl (C=O) groups excluding carboxylic acids is 1. The summed E-state index contributed by atoms with van der Waals surface area (Å²) >= 11 is 0. The highest BCUT2D eigenvalue weighted by Crippen LogP contribution is 2.24. The molecule has 1 aromatic heterocycles. The normalized spacial score (nSPS) is 12.6. The van der Waals surface area contributed by atoms with Crippen LogP contribution in [-0.4, -0.2) is 15.5 Å². The summed E-state index contributed by atoms with van der Waals surface area (Å²) in [6.07, 6.45) is 3.49. The van der Waals surface area contributed by atoms with Crippen molar-refractivity contribution < 1.29 is 9.18 Å². The molecule has 0 radical (unpaired) electrons. The zero-order valence-electron chi connectivity index (χ0n) is 16.0. The second-order valence-corrected chi connectivity index (χ2v) is 7.68. The van der Waals surface area contributed by atoms with E-state index in [4.69, 9.17) is 0 Å². The Bertz CT molecular complexity index is 921. The van der Waals surface area contributed by atoms with Gasteiger partial charge in [0.05, 0.1) is 0 Å². The van der Waals surface area contributed by atoms with Gasteiger partial charge >= 0.3 is 0 Å². The molecule has 3 aromatic rings. The number of hydrogen-bond acceptors (Lipinski definition) is 2. The standard InChI is InChI=1S/C22H24FN3O/c1-22(2,3)17-9-5-16(6-10-17)21(27)25-19(20-24-13-14-26(20)4)15-7-11-18(23)12-8-15/h5-14,19H,1-4H3,(H,25,27). The Morgan fingerprint density at radius 3 is 2.22 bits per heavy atom. The van der Waals surface area contributed by atoms with Gasteiger partial charge in [0.25, 0.3) is 5.91 Å². The molecule has 1 atom stereocenters. The van der Waals surface area contributed by atoms with E-state index in [1.54, 1.807) is 18.3 Å². The van der Waals surface area contributed by atoms with Gasteiger partial charge in [0.1, 0.15) is 17.7 Å². The third kappa shape index (κ3) is 4.25. The Labute approximate surface area is 159 Å². The first-order valence-electron chi connectivity index (χ1n) is 8.90. The molecule has 0 aliphatic rings. The maximum Gasteiger partial charge on any atom is 0.252 e. The van der Waals surface area contributed by atoms with Crippen molar-refractivity contribution >= 4 is 5.91 Å². The van der Waals surface area contributed by atoms with Crippen molar-refractivity contribution in [3.63, 3.8) is 0 Å². The summed E-state index contributed by atoms with van der Waals surface area (Å²) in [6.45, 7) is 6.40. The molecule has 4 nitrogen and oxygen atoms in total. The zero-order chi connectivity index (χ0) is 19.6. The Morgan fingerprint density at radius 2 is 1.70 bits per heavy atom. The molecule has 140 valence electrons. The van der Waals surface area contributed by atoms with Crippen molar-refractivity contribution in [2.75, 3.05) is 0 Å². The molecule has 1 N–H and O–H groups in total. The highest BCUT2D eigenvalue weighted by molar-refractivity contribution is 5.94. The number of nitrogens with zero attached hydrogens (tertiary/aromatic N) is 2. The van der Waals surface area contributed by atoms with Crippen LogP contribution in [0.1, 0.15) is 54.1 Å². The fraction of sp³-hybridized carbons (Fsp3) is 0.273. The smallest absolute Gasteiger partial charge is 0.252 e. The van der Waals surface area contributed by atoms with Crippen LogP contribution >= 0.6 is 0 Å². The number of nitrogens with one attached hydrogen (secondary N) is 1. The Kier molecular flexibility index (Phi) is 5.13. The van der Waals surface area contributed by atoms with Crippen LogP contribution in [0.2, 0.25) is 0 Å². The van der Waals surface area contributed by atoms with Crippen LogP contribution in [0.15, 0.2) is 60.9 Å². The quantitative estimate of drug-likeness (QED) is 0.746. The van der Waals surface area contributed by atoms with Gasteiger partial charge < -0.3 is 9.88 Å². The van der Waals surface area contributed by atoms with Gasteiger partial charge in [0.15, 0.2) is 0 Å². The van der Waals surface area contributed by atoms with Crippen molar-refractivity contribution in [2.24, 2.45) is 7.05 Å². The van der Waals surface area contributed by atoms with Gasteiger partial charge in [0.2, 0.25) is 0 Å². The number of benzene rings is 2. The highest BCUT2D eigenvalue weighted by atomic mass is 19.1. The fourth-order valence-corrected chi connectivity index (χ4v) is 2.94. The Balaban J connectivity index is 1.89. The maximum absolute atomic E-state index is 13.3. The van der Waals surface area contributed by atoms with Gasteiger partial charge in [-0.1, -0.05) is 45.0 Å². The predicted molar refractivity (Wildman–Crippen MR) is 104 cm³/mol. The van der Waals surface area contributed by atoms with Crippen LogP contribution in [-0.2, 0) is 12.5 Å². The van der Waals surface area contributed by atoms with E-state index in [9.17, 15) is 9.18 Å². The molecule has 0 spiro atoms. The van der Waals surface area contributed by atoms with Crippen LogP contribution in [0.5, 0.6) is 0 Å². The van der Waals surface area contributed by atoms with Crippen LogP contribution in [0.25, 0.3) is 0 Å². The van der Waals surface area contributed by atoms with Gasteiger partial charge in [-0.15, -0.1) is 0 Å². The molecular formula is C22H24FN3O. The third-order valence-corrected chi connectivity index (χ3v) is 4.61. The summed E-state index contributed by atoms with van der Waals surface area (Å²) < 4.78 is 15.2. The van der Waals surface area contributed by atoms with Crippen molar-refractivity contribution in [3.05, 3.63) is 89.3 Å². The van der Waals surface area contributed by atoms with Crippen LogP contribution < -0.4 is 5.32 Å². The molecule has 0 saturated carbocycles. The number of amides is 1. The number of halogens is 1. The predicted octanol–water partition coefficient (Wildman–Crippen LogP) is 4.38. The summed E-state index contributed by atoms with van der Waals surface area (Å²) in [5.41, 5.74) is 2.53. The van der Waals surface area contributed by atoms with E-state index in [2.05, 4.69) is 31.1 Å². The molecule has 1 heterocycles. The van der Waals surface area contributed by atoms with Crippen molar-refractivity contribution in [2.45, 2.75) is 32.2 Å². The summed E-state index contributed by atoms with van der Waals surface area (Å²) in [6, 6.07) is 13.2. The molecule has 3 rings (SSSR count). The van der Waals surface area contributed by atoms with Gasteiger partial charge in [0, 0.05) is 25.0 Å². The van der Waals surface area contributed by atoms with Crippen molar-refractivity contribution in [1.29, 1.82) is 0 Å². The first-order valence-corrected chi connectivity index (χ1v) is 8.90. The maximum atomic E-state index is 13.3. The number of aryl methyl sites for hydroxylation is 1. The number of imidazole rings is 1. The molecule has 1 unspecified atom stereocenters. The minimum atomic E-state index is -0.472. The zero-order valence-corrected chi connectivity index (χ0v) is 16.0. The van der Waals surface area contributed by atoms with Gasteiger partial charge in [-0.05, 0) is 40.8 Å². The fourth-order valence-electron chi connectivity index (χ4n) is 2.94. The second-order valence-electron chi connectivity index (χ2n) is 7.68. The number of carbonyl (C=O) groups is 1. The van der Waals surface area contributed by atoms with Gasteiger partial charge in [-0.2, -0.15) is 0 Å². The molecule has 5 heteroatoms. The SMILES string of the molecule is Cn1ccnc1C(NC(=O)c1ccc(C(C)(C)C)cc1)c1ccc(F)cc1. The Morgan fingerprint density at radius 1 is 1.07 bits per heavy atom. The average molecular weight is 365 g/mol. The van der Waals surface area contributed by atoms with Gasteiger partial charge in [-0.3, -0.25) is 4.79 Å². The summed E-state index contributed by atoms with van der Waals surface area (Å²) in [5.74, 6) is 0.162. The van der Waals surface area contributed by atoms with E-state index in [1.807, 2.05) is 42.1 Å². The molecule has 27 heavy (non-hydrogen) atoms. The van der Waals surface area contributed by atoms with E-state index >= 15 is 0 Å². The van der Waals surface area contributed by atoms with Crippen LogP contribution in [0, 0.1) is 5.82 Å². The Hall–Kier alpha value is -2.95. The van der Waals surface area contributed by atoms with Gasteiger partial charge in [-0.25, -0.2) is 9.37 Å². The lowest BCUT2D eigenvalue weighted by Gasteiger charge is -2.21. The number of aromatic nitrogens is 2. The van der Waals surface area contributed by atoms with E-state index in [-0.39, 0.29) is 17.1 Å². The van der Waals surface area contributed by atoms with E-state index in [1.165, 1.54) is 17.7 Å². The number of hydrogen-bond donors (Lipinski definition) is 1. The summed E-state index contributed by atoms with van der Waals surface area (Å²) in [7, 11) is 1.86. The highest BCUT2D eigenvalue weighted by Gasteiger charge is 2.22. The monoisotopic (exact) mass is 365 g/mol. The third-order valence-electron chi connectivity index (χ3n) is 4.61. The molecule has 0 fully saturated rings. The summed E-state index contributed by atoms with van der Waals surface area (Å²) in [4.78, 5) is 17.2. The van der Waals surface area contributed by atoms with Crippen molar-refractivity contribution in [3.8, 4) is 0 Å². The van der Waals surface area contributed by atoms with Crippen molar-refractivity contribution in [1.82, 2.24) is 14.9 Å². The van der Waals surface area contributed by atoms with E-state index < -0.39 is 6.04 Å². The molecule has 0 aliphatic carbocycles. The molecular weight excluding hydrogens is 341 g/mol. The summed E-state index contributed by atoms with van der Waals surface area (Å²) in [5, 5.41) is 3.03. The second kappa shape index (κ2) is 7.35. The lowest BCUT2D eigenvalue weighted by atomic mass is 9.86.